The predicted molar refractivity (Wildman–Crippen MR) is 109 cm³/mol. The lowest BCUT2D eigenvalue weighted by atomic mass is 10.00. The summed E-state index contributed by atoms with van der Waals surface area (Å²) in [6.07, 6.45) is 0.594. The lowest BCUT2D eigenvalue weighted by Gasteiger charge is -2.30. The molecule has 0 fully saturated rings. The van der Waals surface area contributed by atoms with Gasteiger partial charge in [-0.15, -0.1) is 0 Å². The van der Waals surface area contributed by atoms with E-state index in [1.54, 1.807) is 7.05 Å². The van der Waals surface area contributed by atoms with E-state index in [2.05, 4.69) is 39.8 Å². The number of hydrogen-bond acceptors (Lipinski definition) is 5. The van der Waals surface area contributed by atoms with E-state index in [4.69, 9.17) is 4.74 Å². The Balaban J connectivity index is 1.43. The van der Waals surface area contributed by atoms with Crippen LogP contribution in [-0.4, -0.2) is 55.3 Å². The molecule has 3 N–H and O–H groups in total. The first-order valence-electron chi connectivity index (χ1n) is 9.75. The SMILES string of the molecule is CNC(=O)COc1ccccc1CNCC(O)CN1CCc2ccccc2C1. The van der Waals surface area contributed by atoms with E-state index < -0.39 is 6.10 Å². The molecule has 0 saturated heterocycles. The van der Waals surface area contributed by atoms with Gasteiger partial charge in [0, 0.05) is 45.3 Å². The number of β-amino-alcohol motifs (C(OH)–C–C–N with tert-alkyl or cyclic N) is 1. The van der Waals surface area contributed by atoms with Crippen molar-refractivity contribution in [3.63, 3.8) is 0 Å². The standard InChI is InChI=1S/C22H29N3O3/c1-23-22(27)16-28-21-9-5-4-7-18(21)12-24-13-20(26)15-25-11-10-17-6-2-3-8-19(17)14-25/h2-9,20,24,26H,10-16H2,1H3,(H,23,27). The van der Waals surface area contributed by atoms with Gasteiger partial charge in [0.1, 0.15) is 5.75 Å². The average Bonchev–Trinajstić information content (AvgIpc) is 2.72. The van der Waals surface area contributed by atoms with Crippen molar-refractivity contribution in [1.82, 2.24) is 15.5 Å². The van der Waals surface area contributed by atoms with Gasteiger partial charge < -0.3 is 20.5 Å². The number of nitrogens with zero attached hydrogens (tertiary/aromatic N) is 1. The minimum Gasteiger partial charge on any atom is -0.483 e. The van der Waals surface area contributed by atoms with E-state index in [1.807, 2.05) is 24.3 Å². The number of hydrogen-bond donors (Lipinski definition) is 3. The molecule has 6 nitrogen and oxygen atoms in total. The Morgan fingerprint density at radius 1 is 1.18 bits per heavy atom. The van der Waals surface area contributed by atoms with E-state index in [9.17, 15) is 9.90 Å². The zero-order valence-corrected chi connectivity index (χ0v) is 16.4. The fourth-order valence-corrected chi connectivity index (χ4v) is 3.45. The Morgan fingerprint density at radius 3 is 2.75 bits per heavy atom. The summed E-state index contributed by atoms with van der Waals surface area (Å²) in [5.74, 6) is 0.516. The van der Waals surface area contributed by atoms with Crippen LogP contribution in [0.2, 0.25) is 0 Å². The Hall–Kier alpha value is -2.41. The minimum absolute atomic E-state index is 0.00737. The van der Waals surface area contributed by atoms with Crippen LogP contribution in [0.25, 0.3) is 0 Å². The van der Waals surface area contributed by atoms with Crippen molar-refractivity contribution in [2.75, 3.05) is 33.3 Å². The molecule has 1 atom stereocenters. The lowest BCUT2D eigenvalue weighted by Crippen LogP contribution is -2.40. The summed E-state index contributed by atoms with van der Waals surface area (Å²) in [6.45, 7) is 3.59. The van der Waals surface area contributed by atoms with Crippen molar-refractivity contribution in [2.45, 2.75) is 25.6 Å². The number of rotatable bonds is 9. The quantitative estimate of drug-likeness (QED) is 0.609. The van der Waals surface area contributed by atoms with Crippen LogP contribution in [0.3, 0.4) is 0 Å². The van der Waals surface area contributed by atoms with Crippen LogP contribution in [-0.2, 0) is 24.3 Å². The van der Waals surface area contributed by atoms with E-state index in [-0.39, 0.29) is 12.5 Å². The molecule has 6 heteroatoms. The van der Waals surface area contributed by atoms with Crippen LogP contribution in [0.1, 0.15) is 16.7 Å². The largest absolute Gasteiger partial charge is 0.483 e. The molecule has 150 valence electrons. The normalized spacial score (nSPS) is 14.9. The van der Waals surface area contributed by atoms with Crippen LogP contribution in [0.5, 0.6) is 5.75 Å². The van der Waals surface area contributed by atoms with Crippen LogP contribution < -0.4 is 15.4 Å². The van der Waals surface area contributed by atoms with Gasteiger partial charge in [-0.2, -0.15) is 0 Å². The molecule has 0 aliphatic carbocycles. The Labute approximate surface area is 166 Å². The van der Waals surface area contributed by atoms with Crippen molar-refractivity contribution >= 4 is 5.91 Å². The maximum Gasteiger partial charge on any atom is 0.257 e. The van der Waals surface area contributed by atoms with E-state index >= 15 is 0 Å². The second kappa shape index (κ2) is 10.2. The molecule has 0 saturated carbocycles. The van der Waals surface area contributed by atoms with Crippen LogP contribution in [0.4, 0.5) is 0 Å². The molecule has 1 amide bonds. The molecule has 1 heterocycles. The molecule has 3 rings (SSSR count). The second-order valence-electron chi connectivity index (χ2n) is 7.11. The third kappa shape index (κ3) is 5.79. The molecule has 2 aromatic rings. The van der Waals surface area contributed by atoms with Gasteiger partial charge in [-0.3, -0.25) is 9.69 Å². The highest BCUT2D eigenvalue weighted by atomic mass is 16.5. The number of amides is 1. The van der Waals surface area contributed by atoms with Gasteiger partial charge in [-0.25, -0.2) is 0 Å². The summed E-state index contributed by atoms with van der Waals surface area (Å²) in [5.41, 5.74) is 3.74. The van der Waals surface area contributed by atoms with Gasteiger partial charge in [0.15, 0.2) is 6.61 Å². The summed E-state index contributed by atoms with van der Waals surface area (Å²) in [7, 11) is 1.58. The maximum absolute atomic E-state index is 11.4. The number of nitrogens with one attached hydrogen (secondary N) is 2. The number of para-hydroxylation sites is 1. The average molecular weight is 383 g/mol. The third-order valence-corrected chi connectivity index (χ3v) is 4.98. The summed E-state index contributed by atoms with van der Waals surface area (Å²) in [6, 6.07) is 16.1. The van der Waals surface area contributed by atoms with Crippen LogP contribution >= 0.6 is 0 Å². The van der Waals surface area contributed by atoms with Gasteiger partial charge in [0.05, 0.1) is 6.10 Å². The van der Waals surface area contributed by atoms with Gasteiger partial charge >= 0.3 is 0 Å². The first-order chi connectivity index (χ1) is 13.7. The number of carbonyl (C=O) groups is 1. The first-order valence-corrected chi connectivity index (χ1v) is 9.75. The highest BCUT2D eigenvalue weighted by molar-refractivity contribution is 5.77. The highest BCUT2D eigenvalue weighted by Crippen LogP contribution is 2.19. The molecule has 0 spiro atoms. The van der Waals surface area contributed by atoms with Crippen molar-refractivity contribution in [3.8, 4) is 5.75 Å². The van der Waals surface area contributed by atoms with Crippen molar-refractivity contribution in [2.24, 2.45) is 0 Å². The maximum atomic E-state index is 11.4. The fourth-order valence-electron chi connectivity index (χ4n) is 3.45. The molecule has 2 aromatic carbocycles. The molecule has 0 aromatic heterocycles. The smallest absolute Gasteiger partial charge is 0.257 e. The number of ether oxygens (including phenoxy) is 1. The van der Waals surface area contributed by atoms with Crippen LogP contribution in [0.15, 0.2) is 48.5 Å². The predicted octanol–water partition coefficient (Wildman–Crippen LogP) is 1.32. The molecule has 1 aliphatic rings. The van der Waals surface area contributed by atoms with E-state index in [0.29, 0.717) is 25.4 Å². The number of benzene rings is 2. The van der Waals surface area contributed by atoms with Gasteiger partial charge in [0.2, 0.25) is 0 Å². The molecule has 1 unspecified atom stereocenters. The molecule has 1 aliphatic heterocycles. The van der Waals surface area contributed by atoms with Gasteiger partial charge in [-0.05, 0) is 23.6 Å². The number of fused-ring (bicyclic) bond motifs is 1. The third-order valence-electron chi connectivity index (χ3n) is 4.98. The Bertz CT molecular complexity index is 781. The highest BCUT2D eigenvalue weighted by Gasteiger charge is 2.18. The zero-order chi connectivity index (χ0) is 19.8. The first kappa shape index (κ1) is 20.3. The molecule has 28 heavy (non-hydrogen) atoms. The van der Waals surface area contributed by atoms with E-state index in [1.165, 1.54) is 11.1 Å². The zero-order valence-electron chi connectivity index (χ0n) is 16.4. The number of aliphatic hydroxyl groups excluding tert-OH is 1. The van der Waals surface area contributed by atoms with Gasteiger partial charge in [-0.1, -0.05) is 42.5 Å². The van der Waals surface area contributed by atoms with Crippen LogP contribution in [0, 0.1) is 0 Å². The minimum atomic E-state index is -0.441. The molecular formula is C22H29N3O3. The Morgan fingerprint density at radius 2 is 1.93 bits per heavy atom. The monoisotopic (exact) mass is 383 g/mol. The number of carbonyl (C=O) groups excluding carboxylic acids is 1. The molecular weight excluding hydrogens is 354 g/mol. The van der Waals surface area contributed by atoms with E-state index in [0.717, 1.165) is 25.1 Å². The van der Waals surface area contributed by atoms with Crippen molar-refractivity contribution in [1.29, 1.82) is 0 Å². The number of likely N-dealkylation sites (N-methyl/N-ethyl adjacent to an activating group) is 1. The Kier molecular flexibility index (Phi) is 7.42. The molecule has 0 bridgehead atoms. The number of aliphatic hydroxyl groups is 1. The fraction of sp³-hybridized carbons (Fsp3) is 0.409. The van der Waals surface area contributed by atoms with Gasteiger partial charge in [0.25, 0.3) is 5.91 Å². The summed E-state index contributed by atoms with van der Waals surface area (Å²) in [5, 5.41) is 16.3. The van der Waals surface area contributed by atoms with Crippen molar-refractivity contribution in [3.05, 3.63) is 65.2 Å². The van der Waals surface area contributed by atoms with Crippen molar-refractivity contribution < 1.29 is 14.6 Å². The summed E-state index contributed by atoms with van der Waals surface area (Å²) >= 11 is 0. The molecule has 0 radical (unpaired) electrons. The summed E-state index contributed by atoms with van der Waals surface area (Å²) in [4.78, 5) is 13.7. The summed E-state index contributed by atoms with van der Waals surface area (Å²) < 4.78 is 5.58. The second-order valence-corrected chi connectivity index (χ2v) is 7.11. The topological polar surface area (TPSA) is 73.8 Å². The lowest BCUT2D eigenvalue weighted by molar-refractivity contribution is -0.122.